The maximum Gasteiger partial charge on any atom is 0.408 e. The fraction of sp³-hybridized carbons (Fsp3) is 0.471. The van der Waals surface area contributed by atoms with Crippen molar-refractivity contribution in [3.63, 3.8) is 0 Å². The van der Waals surface area contributed by atoms with Gasteiger partial charge >= 0.3 is 6.18 Å². The van der Waals surface area contributed by atoms with Crippen molar-refractivity contribution in [1.29, 1.82) is 0 Å². The molecular weight excluding hydrogens is 399 g/mol. The highest BCUT2D eigenvalue weighted by atomic mass is 35.5. The fourth-order valence-electron chi connectivity index (χ4n) is 3.02. The second kappa shape index (κ2) is 8.36. The van der Waals surface area contributed by atoms with Crippen LogP contribution in [0, 0.1) is 0 Å². The van der Waals surface area contributed by atoms with Gasteiger partial charge in [-0.25, -0.2) is 9.67 Å². The quantitative estimate of drug-likeness (QED) is 0.743. The molecule has 1 saturated heterocycles. The second-order valence-corrected chi connectivity index (χ2v) is 6.77. The summed E-state index contributed by atoms with van der Waals surface area (Å²) >= 11 is 6.04. The first kappa shape index (κ1) is 20.4. The van der Waals surface area contributed by atoms with E-state index in [4.69, 9.17) is 16.3 Å². The van der Waals surface area contributed by atoms with Gasteiger partial charge in [0.2, 0.25) is 5.88 Å². The Kier molecular flexibility index (Phi) is 6.09. The molecular formula is C17H19ClF3N5O2. The molecule has 1 fully saturated rings. The lowest BCUT2D eigenvalue weighted by molar-refractivity contribution is -0.143. The van der Waals surface area contributed by atoms with Gasteiger partial charge in [-0.1, -0.05) is 11.6 Å². The van der Waals surface area contributed by atoms with Crippen molar-refractivity contribution in [3.05, 3.63) is 45.5 Å². The van der Waals surface area contributed by atoms with Crippen molar-refractivity contribution in [2.75, 3.05) is 38.2 Å². The average Bonchev–Trinajstić information content (AvgIpc) is 2.66. The predicted molar refractivity (Wildman–Crippen MR) is 97.8 cm³/mol. The summed E-state index contributed by atoms with van der Waals surface area (Å²) in [4.78, 5) is 20.2. The maximum atomic E-state index is 12.5. The molecule has 1 aliphatic heterocycles. The zero-order valence-electron chi connectivity index (χ0n) is 15.1. The number of aromatic nitrogens is 3. The van der Waals surface area contributed by atoms with Crippen LogP contribution >= 0.6 is 11.6 Å². The Morgan fingerprint density at radius 2 is 1.96 bits per heavy atom. The summed E-state index contributed by atoms with van der Waals surface area (Å²) in [5, 5.41) is 3.39. The minimum atomic E-state index is -4.54. The predicted octanol–water partition coefficient (Wildman–Crippen LogP) is 2.18. The second-order valence-electron chi connectivity index (χ2n) is 6.39. The van der Waals surface area contributed by atoms with Crippen molar-refractivity contribution in [3.8, 4) is 5.88 Å². The van der Waals surface area contributed by atoms with E-state index >= 15 is 0 Å². The van der Waals surface area contributed by atoms with Crippen LogP contribution in [-0.2, 0) is 13.1 Å². The van der Waals surface area contributed by atoms with E-state index in [0.29, 0.717) is 49.0 Å². The first-order valence-corrected chi connectivity index (χ1v) is 8.93. The minimum absolute atomic E-state index is 0.244. The molecule has 0 atom stereocenters. The zero-order valence-corrected chi connectivity index (χ0v) is 15.9. The molecule has 0 spiro atoms. The third-order valence-corrected chi connectivity index (χ3v) is 4.78. The van der Waals surface area contributed by atoms with Crippen LogP contribution in [0.25, 0.3) is 0 Å². The third-order valence-electron chi connectivity index (χ3n) is 4.42. The van der Waals surface area contributed by atoms with Gasteiger partial charge in [0.25, 0.3) is 5.56 Å². The summed E-state index contributed by atoms with van der Waals surface area (Å²) in [7, 11) is 1.56. The van der Waals surface area contributed by atoms with Gasteiger partial charge in [-0.05, 0) is 11.6 Å². The van der Waals surface area contributed by atoms with Gasteiger partial charge in [0.05, 0.1) is 19.0 Å². The van der Waals surface area contributed by atoms with E-state index in [2.05, 4.69) is 15.0 Å². The SMILES string of the molecule is COc1cc(CN2CCN(c3cnn(CC(F)(F)F)c(=O)c3Cl)CC2)ccn1. The number of hydrogen-bond donors (Lipinski definition) is 0. The summed E-state index contributed by atoms with van der Waals surface area (Å²) in [6, 6.07) is 3.78. The minimum Gasteiger partial charge on any atom is -0.481 e. The molecule has 11 heteroatoms. The summed E-state index contributed by atoms with van der Waals surface area (Å²) in [5.74, 6) is 0.549. The van der Waals surface area contributed by atoms with Gasteiger partial charge in [-0.3, -0.25) is 9.69 Å². The van der Waals surface area contributed by atoms with E-state index in [1.807, 2.05) is 17.0 Å². The van der Waals surface area contributed by atoms with Gasteiger partial charge in [-0.2, -0.15) is 18.3 Å². The highest BCUT2D eigenvalue weighted by Gasteiger charge is 2.30. The van der Waals surface area contributed by atoms with Crippen molar-refractivity contribution in [2.24, 2.45) is 0 Å². The normalized spacial score (nSPS) is 15.7. The van der Waals surface area contributed by atoms with Crippen LogP contribution in [0.4, 0.5) is 18.9 Å². The molecule has 0 bridgehead atoms. The monoisotopic (exact) mass is 417 g/mol. The lowest BCUT2D eigenvalue weighted by Gasteiger charge is -2.36. The molecule has 3 heterocycles. The molecule has 28 heavy (non-hydrogen) atoms. The molecule has 3 rings (SSSR count). The first-order chi connectivity index (χ1) is 13.3. The largest absolute Gasteiger partial charge is 0.481 e. The molecule has 0 radical (unpaired) electrons. The molecule has 0 aromatic carbocycles. The number of methoxy groups -OCH3 is 1. The first-order valence-electron chi connectivity index (χ1n) is 8.55. The molecule has 0 N–H and O–H groups in total. The van der Waals surface area contributed by atoms with Crippen LogP contribution in [0.15, 0.2) is 29.3 Å². The smallest absolute Gasteiger partial charge is 0.408 e. The van der Waals surface area contributed by atoms with Gasteiger partial charge in [0.15, 0.2) is 0 Å². The lowest BCUT2D eigenvalue weighted by atomic mass is 10.2. The van der Waals surface area contributed by atoms with E-state index in [9.17, 15) is 18.0 Å². The van der Waals surface area contributed by atoms with Gasteiger partial charge < -0.3 is 9.64 Å². The zero-order chi connectivity index (χ0) is 20.3. The van der Waals surface area contributed by atoms with E-state index < -0.39 is 18.3 Å². The highest BCUT2D eigenvalue weighted by molar-refractivity contribution is 6.33. The maximum absolute atomic E-state index is 12.5. The molecule has 0 saturated carbocycles. The molecule has 2 aromatic heterocycles. The summed E-state index contributed by atoms with van der Waals surface area (Å²) in [5.41, 5.74) is 0.480. The Balaban J connectivity index is 1.64. The third kappa shape index (κ3) is 4.93. The Morgan fingerprint density at radius 1 is 1.25 bits per heavy atom. The summed E-state index contributed by atoms with van der Waals surface area (Å²) in [6.45, 7) is 1.80. The van der Waals surface area contributed by atoms with Crippen molar-refractivity contribution < 1.29 is 17.9 Å². The molecule has 7 nitrogen and oxygen atoms in total. The number of nitrogens with zero attached hydrogens (tertiary/aromatic N) is 5. The summed E-state index contributed by atoms with van der Waals surface area (Å²) < 4.78 is 43.0. The van der Waals surface area contributed by atoms with E-state index in [-0.39, 0.29) is 5.02 Å². The number of rotatable bonds is 5. The van der Waals surface area contributed by atoms with Crippen molar-refractivity contribution >= 4 is 17.3 Å². The van der Waals surface area contributed by atoms with Crippen molar-refractivity contribution in [1.82, 2.24) is 19.7 Å². The van der Waals surface area contributed by atoms with Crippen LogP contribution in [0.2, 0.25) is 5.02 Å². The number of hydrogen-bond acceptors (Lipinski definition) is 6. The molecule has 0 amide bonds. The van der Waals surface area contributed by atoms with E-state index in [0.717, 1.165) is 5.56 Å². The summed E-state index contributed by atoms with van der Waals surface area (Å²) in [6.07, 6.45) is -1.63. The van der Waals surface area contributed by atoms with E-state index in [1.54, 1.807) is 13.3 Å². The molecule has 152 valence electrons. The van der Waals surface area contributed by atoms with Crippen molar-refractivity contribution in [2.45, 2.75) is 19.3 Å². The topological polar surface area (TPSA) is 63.5 Å². The lowest BCUT2D eigenvalue weighted by Crippen LogP contribution is -2.46. The van der Waals surface area contributed by atoms with Crippen LogP contribution < -0.4 is 15.2 Å². The Morgan fingerprint density at radius 3 is 2.61 bits per heavy atom. The number of pyridine rings is 1. The number of halogens is 4. The van der Waals surface area contributed by atoms with Crippen LogP contribution in [0.3, 0.4) is 0 Å². The average molecular weight is 418 g/mol. The van der Waals surface area contributed by atoms with Gasteiger partial charge in [-0.15, -0.1) is 0 Å². The molecule has 0 unspecified atom stereocenters. The number of alkyl halides is 3. The standard InChI is InChI=1S/C17H19ClF3N5O2/c1-28-14-8-12(2-3-22-14)10-24-4-6-25(7-5-24)13-9-23-26(11-17(19,20)21)16(27)15(13)18/h2-3,8-9H,4-7,10-11H2,1H3. The van der Waals surface area contributed by atoms with Gasteiger partial charge in [0, 0.05) is 45.0 Å². The molecule has 1 aliphatic rings. The molecule has 2 aromatic rings. The highest BCUT2D eigenvalue weighted by Crippen LogP contribution is 2.24. The van der Waals surface area contributed by atoms with Crippen LogP contribution in [0.1, 0.15) is 5.56 Å². The Labute approximate surface area is 164 Å². The number of ether oxygens (including phenoxy) is 1. The fourth-order valence-corrected chi connectivity index (χ4v) is 3.29. The molecule has 0 aliphatic carbocycles. The number of piperazine rings is 1. The van der Waals surface area contributed by atoms with Gasteiger partial charge in [0.1, 0.15) is 11.6 Å². The van der Waals surface area contributed by atoms with Crippen LogP contribution in [-0.4, -0.2) is 59.1 Å². The Hall–Kier alpha value is -2.33. The number of anilines is 1. The Bertz CT molecular complexity index is 882. The van der Waals surface area contributed by atoms with E-state index in [1.165, 1.54) is 6.20 Å². The van der Waals surface area contributed by atoms with Crippen LogP contribution in [0.5, 0.6) is 5.88 Å².